The Balaban J connectivity index is 1.74. The summed E-state index contributed by atoms with van der Waals surface area (Å²) in [4.78, 5) is 12.2. The Bertz CT molecular complexity index is 487. The number of amides is 1. The van der Waals surface area contributed by atoms with Gasteiger partial charge in [0.15, 0.2) is 0 Å². The van der Waals surface area contributed by atoms with Crippen molar-refractivity contribution in [2.45, 2.75) is 70.4 Å². The maximum atomic E-state index is 12.2. The summed E-state index contributed by atoms with van der Waals surface area (Å²) in [6.45, 7) is 2.90. The normalized spacial score (nSPS) is 27.7. The number of nitrogens with two attached hydrogens (primary N) is 1. The molecule has 0 aromatic rings. The van der Waals surface area contributed by atoms with Crippen molar-refractivity contribution < 1.29 is 13.2 Å². The van der Waals surface area contributed by atoms with Crippen LogP contribution in [0, 0.1) is 5.92 Å². The van der Waals surface area contributed by atoms with Crippen LogP contribution in [0.1, 0.15) is 58.3 Å². The van der Waals surface area contributed by atoms with Gasteiger partial charge in [0.25, 0.3) is 0 Å². The van der Waals surface area contributed by atoms with E-state index in [-0.39, 0.29) is 23.7 Å². The molecule has 7 heteroatoms. The molecule has 0 aromatic heterocycles. The first-order valence-electron chi connectivity index (χ1n) is 8.95. The molecular weight excluding hydrogens is 314 g/mol. The number of sulfonamides is 1. The zero-order valence-electron chi connectivity index (χ0n) is 14.2. The second-order valence-electron chi connectivity index (χ2n) is 6.97. The van der Waals surface area contributed by atoms with E-state index in [0.717, 1.165) is 12.8 Å². The fourth-order valence-corrected chi connectivity index (χ4v) is 5.22. The molecule has 0 bridgehead atoms. The molecule has 2 fully saturated rings. The molecule has 1 aliphatic heterocycles. The van der Waals surface area contributed by atoms with E-state index < -0.39 is 10.0 Å². The summed E-state index contributed by atoms with van der Waals surface area (Å²) in [6.07, 6.45) is 6.95. The number of hydrogen-bond acceptors (Lipinski definition) is 4. The summed E-state index contributed by atoms with van der Waals surface area (Å²) >= 11 is 0. The summed E-state index contributed by atoms with van der Waals surface area (Å²) in [5.41, 5.74) is 6.10. The third-order valence-electron chi connectivity index (χ3n) is 5.09. The van der Waals surface area contributed by atoms with Gasteiger partial charge in [0, 0.05) is 31.6 Å². The molecule has 0 spiro atoms. The summed E-state index contributed by atoms with van der Waals surface area (Å²) in [5, 5.41) is 3.07. The van der Waals surface area contributed by atoms with Crippen LogP contribution in [-0.2, 0) is 14.8 Å². The second-order valence-corrected chi connectivity index (χ2v) is 9.06. The molecule has 2 atom stereocenters. The van der Waals surface area contributed by atoms with Gasteiger partial charge in [-0.25, -0.2) is 12.7 Å². The Morgan fingerprint density at radius 3 is 2.43 bits per heavy atom. The van der Waals surface area contributed by atoms with Crippen molar-refractivity contribution >= 4 is 15.9 Å². The van der Waals surface area contributed by atoms with E-state index in [2.05, 4.69) is 5.32 Å². The number of nitrogens with one attached hydrogen (secondary N) is 1. The van der Waals surface area contributed by atoms with Gasteiger partial charge in [-0.05, 0) is 38.0 Å². The summed E-state index contributed by atoms with van der Waals surface area (Å²) in [6, 6.07) is 0.242. The molecule has 0 radical (unpaired) electrons. The van der Waals surface area contributed by atoms with Crippen LogP contribution in [0.15, 0.2) is 0 Å². The Hall–Kier alpha value is -0.660. The molecule has 6 nitrogen and oxygen atoms in total. The lowest BCUT2D eigenvalue weighted by atomic mass is 9.83. The van der Waals surface area contributed by atoms with Gasteiger partial charge in [-0.1, -0.05) is 19.8 Å². The highest BCUT2D eigenvalue weighted by molar-refractivity contribution is 7.89. The lowest BCUT2D eigenvalue weighted by Crippen LogP contribution is -2.47. The zero-order valence-corrected chi connectivity index (χ0v) is 15.0. The van der Waals surface area contributed by atoms with E-state index in [1.54, 1.807) is 4.31 Å². The minimum atomic E-state index is -3.11. The average Bonchev–Trinajstić information content (AvgIpc) is 2.50. The third-order valence-corrected chi connectivity index (χ3v) is 7.17. The van der Waals surface area contributed by atoms with E-state index in [9.17, 15) is 13.2 Å². The van der Waals surface area contributed by atoms with Crippen LogP contribution < -0.4 is 11.1 Å². The van der Waals surface area contributed by atoms with Crippen LogP contribution in [-0.4, -0.2) is 49.6 Å². The van der Waals surface area contributed by atoms with Crippen molar-refractivity contribution in [1.29, 1.82) is 0 Å². The molecule has 23 heavy (non-hydrogen) atoms. The number of nitrogens with zero attached hydrogens (tertiary/aromatic N) is 1. The molecule has 0 aromatic carbocycles. The molecule has 1 amide bonds. The smallest absolute Gasteiger partial charge is 0.220 e. The van der Waals surface area contributed by atoms with Crippen molar-refractivity contribution in [3.8, 4) is 0 Å². The summed E-state index contributed by atoms with van der Waals surface area (Å²) < 4.78 is 25.6. The lowest BCUT2D eigenvalue weighted by molar-refractivity contribution is -0.123. The molecule has 2 rings (SSSR count). The zero-order chi connectivity index (χ0) is 16.9. The first-order valence-corrected chi connectivity index (χ1v) is 10.6. The van der Waals surface area contributed by atoms with Crippen molar-refractivity contribution in [2.24, 2.45) is 11.7 Å². The molecule has 2 aliphatic rings. The molecule has 1 aliphatic carbocycles. The Morgan fingerprint density at radius 1 is 1.17 bits per heavy atom. The maximum Gasteiger partial charge on any atom is 0.220 e. The van der Waals surface area contributed by atoms with Gasteiger partial charge in [0.05, 0.1) is 5.75 Å². The van der Waals surface area contributed by atoms with Crippen molar-refractivity contribution in [3.05, 3.63) is 0 Å². The topological polar surface area (TPSA) is 92.5 Å². The van der Waals surface area contributed by atoms with Crippen LogP contribution in [0.2, 0.25) is 0 Å². The SMILES string of the molecule is CCCS(=O)(=O)N1CCC(NC(=O)CC2CCCCC2N)CC1. The molecule has 3 N–H and O–H groups in total. The quantitative estimate of drug-likeness (QED) is 0.757. The Morgan fingerprint density at radius 2 is 1.83 bits per heavy atom. The van der Waals surface area contributed by atoms with E-state index in [4.69, 9.17) is 5.73 Å². The molecular formula is C16H31N3O3S. The standard InChI is InChI=1S/C16H31N3O3S/c1-2-11-23(21,22)19-9-7-14(8-10-19)18-16(20)12-13-5-3-4-6-15(13)17/h13-15H,2-12,17H2,1H3,(H,18,20). The molecule has 134 valence electrons. The average molecular weight is 346 g/mol. The van der Waals surface area contributed by atoms with Crippen molar-refractivity contribution in [1.82, 2.24) is 9.62 Å². The van der Waals surface area contributed by atoms with Crippen molar-refractivity contribution in [3.63, 3.8) is 0 Å². The second kappa shape index (κ2) is 8.44. The fourth-order valence-electron chi connectivity index (χ4n) is 3.68. The largest absolute Gasteiger partial charge is 0.353 e. The van der Waals surface area contributed by atoms with Crippen molar-refractivity contribution in [2.75, 3.05) is 18.8 Å². The van der Waals surface area contributed by atoms with Gasteiger partial charge in [-0.2, -0.15) is 0 Å². The summed E-state index contributed by atoms with van der Waals surface area (Å²) in [5.74, 6) is 0.583. The van der Waals surface area contributed by atoms with E-state index in [0.29, 0.717) is 44.7 Å². The lowest BCUT2D eigenvalue weighted by Gasteiger charge is -2.32. The van der Waals surface area contributed by atoms with Crippen LogP contribution in [0.4, 0.5) is 0 Å². The van der Waals surface area contributed by atoms with Crippen LogP contribution in [0.3, 0.4) is 0 Å². The van der Waals surface area contributed by atoms with Gasteiger partial charge in [-0.15, -0.1) is 0 Å². The summed E-state index contributed by atoms with van der Waals surface area (Å²) in [7, 11) is -3.11. The van der Waals surface area contributed by atoms with Gasteiger partial charge in [-0.3, -0.25) is 4.79 Å². The van der Waals surface area contributed by atoms with Gasteiger partial charge < -0.3 is 11.1 Å². The van der Waals surface area contributed by atoms with E-state index in [1.165, 1.54) is 12.8 Å². The molecule has 1 saturated heterocycles. The van der Waals surface area contributed by atoms with Crippen LogP contribution in [0.25, 0.3) is 0 Å². The van der Waals surface area contributed by atoms with Gasteiger partial charge in [0.1, 0.15) is 0 Å². The highest BCUT2D eigenvalue weighted by atomic mass is 32.2. The Labute approximate surface area is 140 Å². The first kappa shape index (κ1) is 18.7. The number of carbonyl (C=O) groups excluding carboxylic acids is 1. The predicted octanol–water partition coefficient (Wildman–Crippen LogP) is 1.21. The Kier molecular flexibility index (Phi) is 6.85. The van der Waals surface area contributed by atoms with Crippen LogP contribution in [0.5, 0.6) is 0 Å². The predicted molar refractivity (Wildman–Crippen MR) is 91.4 cm³/mol. The number of hydrogen-bond donors (Lipinski definition) is 2. The maximum absolute atomic E-state index is 12.2. The number of piperidine rings is 1. The minimum absolute atomic E-state index is 0.0715. The minimum Gasteiger partial charge on any atom is -0.353 e. The van der Waals surface area contributed by atoms with Gasteiger partial charge >= 0.3 is 0 Å². The van der Waals surface area contributed by atoms with Crippen LogP contribution >= 0.6 is 0 Å². The number of rotatable bonds is 6. The fraction of sp³-hybridized carbons (Fsp3) is 0.938. The van der Waals surface area contributed by atoms with E-state index in [1.807, 2.05) is 6.92 Å². The van der Waals surface area contributed by atoms with Gasteiger partial charge in [0.2, 0.25) is 15.9 Å². The first-order chi connectivity index (χ1) is 10.9. The monoisotopic (exact) mass is 345 g/mol. The third kappa shape index (κ3) is 5.43. The highest BCUT2D eigenvalue weighted by Crippen LogP contribution is 2.25. The molecule has 1 heterocycles. The van der Waals surface area contributed by atoms with E-state index >= 15 is 0 Å². The number of carbonyl (C=O) groups is 1. The molecule has 1 saturated carbocycles. The molecule has 2 unspecified atom stereocenters. The highest BCUT2D eigenvalue weighted by Gasteiger charge is 2.29.